The molecule has 1 atom stereocenters. The quantitative estimate of drug-likeness (QED) is 0.676. The van der Waals surface area contributed by atoms with Crippen molar-refractivity contribution in [2.45, 2.75) is 57.5 Å². The number of benzene rings is 1. The van der Waals surface area contributed by atoms with Gasteiger partial charge >= 0.3 is 0 Å². The standard InChI is InChI=1S/C22H28N6O2/c1-30-16-9-10-19-18(11-16)17-3-2-4-20(21(17)24-19)25-22(29)15-7-5-14(6-8-15)12-28-13-23-26-27-28/h9-11,13-15,20,24H,2-8,12H2,1H3,(H,25,29). The van der Waals surface area contributed by atoms with Gasteiger partial charge in [-0.1, -0.05) is 0 Å². The summed E-state index contributed by atoms with van der Waals surface area (Å²) in [4.78, 5) is 16.6. The van der Waals surface area contributed by atoms with Crippen LogP contribution >= 0.6 is 0 Å². The molecule has 8 nitrogen and oxygen atoms in total. The average molecular weight is 409 g/mol. The van der Waals surface area contributed by atoms with Gasteiger partial charge in [-0.15, -0.1) is 5.10 Å². The van der Waals surface area contributed by atoms with Crippen LogP contribution in [0.2, 0.25) is 0 Å². The highest BCUT2D eigenvalue weighted by Crippen LogP contribution is 2.37. The number of H-pyrrole nitrogens is 1. The van der Waals surface area contributed by atoms with Gasteiger partial charge in [0.25, 0.3) is 0 Å². The van der Waals surface area contributed by atoms with Crippen molar-refractivity contribution in [3.05, 3.63) is 35.8 Å². The zero-order chi connectivity index (χ0) is 20.5. The topological polar surface area (TPSA) is 97.7 Å². The number of carbonyl (C=O) groups is 1. The predicted molar refractivity (Wildman–Crippen MR) is 112 cm³/mol. The Morgan fingerprint density at radius 2 is 2.13 bits per heavy atom. The first-order valence-electron chi connectivity index (χ1n) is 10.9. The molecule has 158 valence electrons. The van der Waals surface area contributed by atoms with Crippen LogP contribution < -0.4 is 10.1 Å². The number of carbonyl (C=O) groups excluding carboxylic acids is 1. The molecule has 1 saturated carbocycles. The lowest BCUT2D eigenvalue weighted by Crippen LogP contribution is -2.37. The van der Waals surface area contributed by atoms with Crippen LogP contribution in [0.5, 0.6) is 5.75 Å². The lowest BCUT2D eigenvalue weighted by atomic mass is 9.81. The number of amides is 1. The second-order valence-electron chi connectivity index (χ2n) is 8.63. The van der Waals surface area contributed by atoms with Crippen molar-refractivity contribution in [2.75, 3.05) is 7.11 Å². The Morgan fingerprint density at radius 1 is 1.27 bits per heavy atom. The van der Waals surface area contributed by atoms with E-state index in [1.165, 1.54) is 16.6 Å². The number of tetrazole rings is 1. The van der Waals surface area contributed by atoms with E-state index < -0.39 is 0 Å². The zero-order valence-electron chi connectivity index (χ0n) is 17.3. The molecule has 8 heteroatoms. The van der Waals surface area contributed by atoms with Crippen molar-refractivity contribution in [2.24, 2.45) is 11.8 Å². The summed E-state index contributed by atoms with van der Waals surface area (Å²) < 4.78 is 7.19. The molecule has 30 heavy (non-hydrogen) atoms. The van der Waals surface area contributed by atoms with Crippen molar-refractivity contribution >= 4 is 16.8 Å². The second kappa shape index (κ2) is 8.08. The Morgan fingerprint density at radius 3 is 2.90 bits per heavy atom. The lowest BCUT2D eigenvalue weighted by molar-refractivity contribution is -0.127. The molecule has 2 aliphatic carbocycles. The van der Waals surface area contributed by atoms with Gasteiger partial charge in [0.15, 0.2) is 0 Å². The minimum absolute atomic E-state index is 0.0681. The predicted octanol–water partition coefficient (Wildman–Crippen LogP) is 3.16. The van der Waals surface area contributed by atoms with Crippen LogP contribution in [0.25, 0.3) is 10.9 Å². The summed E-state index contributed by atoms with van der Waals surface area (Å²) in [7, 11) is 1.70. The van der Waals surface area contributed by atoms with E-state index in [4.69, 9.17) is 4.74 Å². The fourth-order valence-electron chi connectivity index (χ4n) is 5.14. The van der Waals surface area contributed by atoms with Gasteiger partial charge in [0.2, 0.25) is 5.91 Å². The molecule has 2 heterocycles. The molecule has 5 rings (SSSR count). The van der Waals surface area contributed by atoms with Gasteiger partial charge in [0.05, 0.1) is 13.2 Å². The molecule has 2 N–H and O–H groups in total. The first-order valence-corrected chi connectivity index (χ1v) is 10.9. The number of rotatable bonds is 5. The molecule has 3 aromatic rings. The molecule has 1 amide bonds. The number of nitrogens with one attached hydrogen (secondary N) is 2. The second-order valence-corrected chi connectivity index (χ2v) is 8.63. The summed E-state index contributed by atoms with van der Waals surface area (Å²) in [5.74, 6) is 1.71. The van der Waals surface area contributed by atoms with E-state index in [9.17, 15) is 4.79 Å². The summed E-state index contributed by atoms with van der Waals surface area (Å²) in [5, 5.41) is 15.9. The summed E-state index contributed by atoms with van der Waals surface area (Å²) in [6, 6.07) is 6.21. The molecule has 1 aromatic carbocycles. The number of hydrogen-bond acceptors (Lipinski definition) is 5. The Kier molecular flexibility index (Phi) is 5.14. The van der Waals surface area contributed by atoms with E-state index in [1.54, 1.807) is 18.1 Å². The molecule has 2 aliphatic rings. The molecular weight excluding hydrogens is 380 g/mol. The van der Waals surface area contributed by atoms with E-state index in [0.29, 0.717) is 5.92 Å². The van der Waals surface area contributed by atoms with Gasteiger partial charge in [-0.2, -0.15) is 0 Å². The highest BCUT2D eigenvalue weighted by Gasteiger charge is 2.31. The minimum atomic E-state index is 0.0681. The summed E-state index contributed by atoms with van der Waals surface area (Å²) >= 11 is 0. The highest BCUT2D eigenvalue weighted by molar-refractivity contribution is 5.87. The summed E-state index contributed by atoms with van der Waals surface area (Å²) in [5.41, 5.74) is 3.61. The largest absolute Gasteiger partial charge is 0.497 e. The Balaban J connectivity index is 1.24. The molecule has 0 saturated heterocycles. The van der Waals surface area contributed by atoms with Gasteiger partial charge < -0.3 is 15.0 Å². The Labute approximate surface area is 175 Å². The van der Waals surface area contributed by atoms with Crippen LogP contribution in [0.1, 0.15) is 55.8 Å². The van der Waals surface area contributed by atoms with Crippen LogP contribution in [0.3, 0.4) is 0 Å². The monoisotopic (exact) mass is 408 g/mol. The van der Waals surface area contributed by atoms with Gasteiger partial charge in [-0.3, -0.25) is 4.79 Å². The highest BCUT2D eigenvalue weighted by atomic mass is 16.5. The fourth-order valence-corrected chi connectivity index (χ4v) is 5.14. The van der Waals surface area contributed by atoms with Crippen LogP contribution in [0, 0.1) is 11.8 Å². The number of fused-ring (bicyclic) bond motifs is 3. The maximum atomic E-state index is 13.0. The Hall–Kier alpha value is -2.90. The molecule has 0 spiro atoms. The number of methoxy groups -OCH3 is 1. The SMILES string of the molecule is COc1ccc2[nH]c3c(c2c1)CCCC3NC(=O)C1CCC(Cn2cnnn2)CC1. The molecular formula is C22H28N6O2. The molecule has 0 bridgehead atoms. The van der Waals surface area contributed by atoms with Crippen LogP contribution in [-0.4, -0.2) is 38.2 Å². The molecule has 1 fully saturated rings. The third-order valence-electron chi connectivity index (χ3n) is 6.79. The first kappa shape index (κ1) is 19.1. The summed E-state index contributed by atoms with van der Waals surface area (Å²) in [6.07, 6.45) is 8.72. The van der Waals surface area contributed by atoms with Crippen molar-refractivity contribution in [3.8, 4) is 5.75 Å². The molecule has 0 radical (unpaired) electrons. The normalized spacial score (nSPS) is 23.8. The van der Waals surface area contributed by atoms with E-state index in [0.717, 1.165) is 62.8 Å². The van der Waals surface area contributed by atoms with Crippen molar-refractivity contribution in [1.29, 1.82) is 0 Å². The van der Waals surface area contributed by atoms with Gasteiger partial charge in [-0.25, -0.2) is 4.68 Å². The Bertz CT molecular complexity index is 1020. The number of aromatic amines is 1. The molecule has 2 aromatic heterocycles. The molecule has 1 unspecified atom stereocenters. The van der Waals surface area contributed by atoms with Crippen LogP contribution in [0.4, 0.5) is 0 Å². The third-order valence-corrected chi connectivity index (χ3v) is 6.79. The first-order chi connectivity index (χ1) is 14.7. The van der Waals surface area contributed by atoms with Crippen molar-refractivity contribution in [3.63, 3.8) is 0 Å². The number of nitrogens with zero attached hydrogens (tertiary/aromatic N) is 4. The van der Waals surface area contributed by atoms with E-state index >= 15 is 0 Å². The van der Waals surface area contributed by atoms with Crippen molar-refractivity contribution < 1.29 is 9.53 Å². The van der Waals surface area contributed by atoms with Gasteiger partial charge in [0, 0.05) is 29.1 Å². The fraction of sp³-hybridized carbons (Fsp3) is 0.545. The number of hydrogen-bond donors (Lipinski definition) is 2. The van der Waals surface area contributed by atoms with Gasteiger partial charge in [-0.05, 0) is 85.1 Å². The van der Waals surface area contributed by atoms with Crippen LogP contribution in [-0.2, 0) is 17.8 Å². The third kappa shape index (κ3) is 3.66. The minimum Gasteiger partial charge on any atom is -0.497 e. The average Bonchev–Trinajstić information content (AvgIpc) is 3.42. The number of aromatic nitrogens is 5. The van der Waals surface area contributed by atoms with Gasteiger partial charge in [0.1, 0.15) is 12.1 Å². The van der Waals surface area contributed by atoms with Crippen molar-refractivity contribution in [1.82, 2.24) is 30.5 Å². The number of ether oxygens (including phenoxy) is 1. The molecule has 0 aliphatic heterocycles. The maximum absolute atomic E-state index is 13.0. The zero-order valence-corrected chi connectivity index (χ0v) is 17.3. The van der Waals surface area contributed by atoms with E-state index in [-0.39, 0.29) is 17.9 Å². The van der Waals surface area contributed by atoms with E-state index in [1.807, 2.05) is 6.07 Å². The van der Waals surface area contributed by atoms with Crippen LogP contribution in [0.15, 0.2) is 24.5 Å². The lowest BCUT2D eigenvalue weighted by Gasteiger charge is -2.30. The summed E-state index contributed by atoms with van der Waals surface area (Å²) in [6.45, 7) is 0.839. The maximum Gasteiger partial charge on any atom is 0.223 e. The number of aryl methyl sites for hydroxylation is 1. The smallest absolute Gasteiger partial charge is 0.223 e. The van der Waals surface area contributed by atoms with E-state index in [2.05, 4.69) is 38.0 Å².